The molecule has 0 fully saturated rings. The second-order valence-corrected chi connectivity index (χ2v) is 4.67. The number of rotatable bonds is 7. The van der Waals surface area contributed by atoms with Gasteiger partial charge in [-0.3, -0.25) is 0 Å². The fraction of sp³-hybridized carbons (Fsp3) is 0.571. The van der Waals surface area contributed by atoms with Gasteiger partial charge in [-0.15, -0.1) is 0 Å². The van der Waals surface area contributed by atoms with Crippen molar-refractivity contribution in [2.45, 2.75) is 18.9 Å². The minimum absolute atomic E-state index is 0.0471. The molecule has 0 amide bonds. The third kappa shape index (κ3) is 4.86. The van der Waals surface area contributed by atoms with Crippen molar-refractivity contribution in [3.63, 3.8) is 0 Å². The molecular formula is C14H24N2O. The first-order valence-electron chi connectivity index (χ1n) is 6.19. The van der Waals surface area contributed by atoms with Gasteiger partial charge in [-0.25, -0.2) is 0 Å². The van der Waals surface area contributed by atoms with E-state index in [0.717, 1.165) is 18.5 Å². The van der Waals surface area contributed by atoms with Crippen molar-refractivity contribution < 1.29 is 5.11 Å². The molecule has 2 N–H and O–H groups in total. The van der Waals surface area contributed by atoms with E-state index in [9.17, 15) is 5.11 Å². The average molecular weight is 236 g/mol. The van der Waals surface area contributed by atoms with Crippen LogP contribution in [0.15, 0.2) is 24.3 Å². The number of aliphatic hydroxyl groups is 1. The van der Waals surface area contributed by atoms with Crippen molar-refractivity contribution >= 4 is 0 Å². The standard InChI is InChI=1S/C14H24N2O/c1-15-14(11-17)13-8-6-12(7-9-13)5-4-10-16(2)3/h6-9,14-15,17H,4-5,10-11H2,1-3H3. The Hall–Kier alpha value is -0.900. The monoisotopic (exact) mass is 236 g/mol. The van der Waals surface area contributed by atoms with Gasteiger partial charge in [-0.1, -0.05) is 24.3 Å². The van der Waals surface area contributed by atoms with E-state index in [1.807, 2.05) is 7.05 Å². The molecule has 0 heterocycles. The van der Waals surface area contributed by atoms with E-state index >= 15 is 0 Å². The predicted molar refractivity (Wildman–Crippen MR) is 72.2 cm³/mol. The van der Waals surface area contributed by atoms with Gasteiger partial charge in [0.1, 0.15) is 0 Å². The van der Waals surface area contributed by atoms with Crippen LogP contribution in [0.2, 0.25) is 0 Å². The summed E-state index contributed by atoms with van der Waals surface area (Å²) in [5.41, 5.74) is 2.51. The first-order valence-corrected chi connectivity index (χ1v) is 6.19. The van der Waals surface area contributed by atoms with Crippen LogP contribution in [0.1, 0.15) is 23.6 Å². The lowest BCUT2D eigenvalue weighted by atomic mass is 10.0. The predicted octanol–water partition coefficient (Wildman–Crippen LogP) is 1.43. The van der Waals surface area contributed by atoms with Crippen LogP contribution in [-0.2, 0) is 6.42 Å². The Balaban J connectivity index is 2.49. The van der Waals surface area contributed by atoms with Crippen molar-refractivity contribution in [1.82, 2.24) is 10.2 Å². The Labute approximate surface area is 104 Å². The molecule has 17 heavy (non-hydrogen) atoms. The minimum Gasteiger partial charge on any atom is -0.394 e. The lowest BCUT2D eigenvalue weighted by Gasteiger charge is -2.14. The van der Waals surface area contributed by atoms with Gasteiger partial charge >= 0.3 is 0 Å². The largest absolute Gasteiger partial charge is 0.394 e. The molecule has 0 bridgehead atoms. The third-order valence-corrected chi connectivity index (χ3v) is 2.98. The number of aliphatic hydroxyl groups excluding tert-OH is 1. The van der Waals surface area contributed by atoms with Crippen LogP contribution in [0.5, 0.6) is 0 Å². The Morgan fingerprint density at radius 2 is 1.88 bits per heavy atom. The van der Waals surface area contributed by atoms with Crippen LogP contribution in [0.4, 0.5) is 0 Å². The fourth-order valence-corrected chi connectivity index (χ4v) is 1.88. The molecule has 0 spiro atoms. The smallest absolute Gasteiger partial charge is 0.0626 e. The van der Waals surface area contributed by atoms with Crippen molar-refractivity contribution in [3.8, 4) is 0 Å². The lowest BCUT2D eigenvalue weighted by molar-refractivity contribution is 0.251. The summed E-state index contributed by atoms with van der Waals surface area (Å²) in [5.74, 6) is 0. The Morgan fingerprint density at radius 1 is 1.24 bits per heavy atom. The second-order valence-electron chi connectivity index (χ2n) is 4.67. The highest BCUT2D eigenvalue weighted by atomic mass is 16.3. The molecule has 0 aliphatic carbocycles. The Bertz CT molecular complexity index is 305. The molecule has 0 saturated carbocycles. The molecule has 1 atom stereocenters. The van der Waals surface area contributed by atoms with Crippen LogP contribution in [0, 0.1) is 0 Å². The van der Waals surface area contributed by atoms with Crippen LogP contribution < -0.4 is 5.32 Å². The molecule has 1 rings (SSSR count). The zero-order chi connectivity index (χ0) is 12.7. The molecule has 1 aromatic rings. The van der Waals surface area contributed by atoms with Gasteiger partial charge in [0.05, 0.1) is 12.6 Å². The molecule has 0 aromatic heterocycles. The summed E-state index contributed by atoms with van der Waals surface area (Å²) < 4.78 is 0. The van der Waals surface area contributed by atoms with Gasteiger partial charge in [0.25, 0.3) is 0 Å². The topological polar surface area (TPSA) is 35.5 Å². The highest BCUT2D eigenvalue weighted by molar-refractivity contribution is 5.25. The van der Waals surface area contributed by atoms with Crippen molar-refractivity contribution in [1.29, 1.82) is 0 Å². The molecular weight excluding hydrogens is 212 g/mol. The van der Waals surface area contributed by atoms with Crippen LogP contribution in [0.25, 0.3) is 0 Å². The van der Waals surface area contributed by atoms with Gasteiger partial charge in [-0.2, -0.15) is 0 Å². The normalized spacial score (nSPS) is 13.0. The quantitative estimate of drug-likeness (QED) is 0.752. The van der Waals surface area contributed by atoms with E-state index in [4.69, 9.17) is 0 Å². The number of hydrogen-bond donors (Lipinski definition) is 2. The zero-order valence-electron chi connectivity index (χ0n) is 11.1. The summed E-state index contributed by atoms with van der Waals surface area (Å²) in [5, 5.41) is 12.3. The maximum atomic E-state index is 9.18. The van der Waals surface area contributed by atoms with Crippen LogP contribution in [0.3, 0.4) is 0 Å². The summed E-state index contributed by atoms with van der Waals surface area (Å²) in [6.45, 7) is 1.26. The van der Waals surface area contributed by atoms with E-state index in [-0.39, 0.29) is 12.6 Å². The number of nitrogens with one attached hydrogen (secondary N) is 1. The van der Waals surface area contributed by atoms with Gasteiger partial charge in [0.15, 0.2) is 0 Å². The van der Waals surface area contributed by atoms with Gasteiger partial charge in [0.2, 0.25) is 0 Å². The summed E-state index contributed by atoms with van der Waals surface area (Å²) in [4.78, 5) is 2.21. The first-order chi connectivity index (χ1) is 8.17. The first kappa shape index (κ1) is 14.2. The number of aryl methyl sites for hydroxylation is 1. The van der Waals surface area contributed by atoms with E-state index in [0.29, 0.717) is 0 Å². The molecule has 1 aromatic carbocycles. The van der Waals surface area contributed by atoms with E-state index < -0.39 is 0 Å². The summed E-state index contributed by atoms with van der Waals surface area (Å²) >= 11 is 0. The highest BCUT2D eigenvalue weighted by Gasteiger charge is 2.06. The number of benzene rings is 1. The highest BCUT2D eigenvalue weighted by Crippen LogP contribution is 2.14. The molecule has 0 aliphatic rings. The van der Waals surface area contributed by atoms with Crippen molar-refractivity contribution in [2.75, 3.05) is 34.3 Å². The summed E-state index contributed by atoms with van der Waals surface area (Å²) in [6, 6.07) is 8.56. The molecule has 3 heteroatoms. The molecule has 0 aliphatic heterocycles. The summed E-state index contributed by atoms with van der Waals surface area (Å²) in [6.07, 6.45) is 2.30. The fourth-order valence-electron chi connectivity index (χ4n) is 1.88. The average Bonchev–Trinajstić information content (AvgIpc) is 2.32. The maximum Gasteiger partial charge on any atom is 0.0626 e. The maximum absolute atomic E-state index is 9.18. The number of hydrogen-bond acceptors (Lipinski definition) is 3. The minimum atomic E-state index is 0.0471. The van der Waals surface area contributed by atoms with Crippen LogP contribution in [-0.4, -0.2) is 44.3 Å². The second kappa shape index (κ2) is 7.43. The van der Waals surface area contributed by atoms with Gasteiger partial charge in [0, 0.05) is 0 Å². The van der Waals surface area contributed by atoms with Gasteiger partial charge in [-0.05, 0) is 51.7 Å². The van der Waals surface area contributed by atoms with E-state index in [1.54, 1.807) is 0 Å². The Kier molecular flexibility index (Phi) is 6.19. The van der Waals surface area contributed by atoms with Gasteiger partial charge < -0.3 is 15.3 Å². The van der Waals surface area contributed by atoms with Crippen molar-refractivity contribution in [3.05, 3.63) is 35.4 Å². The molecule has 0 radical (unpaired) electrons. The SMILES string of the molecule is CNC(CO)c1ccc(CCCN(C)C)cc1. The van der Waals surface area contributed by atoms with E-state index in [1.165, 1.54) is 12.0 Å². The van der Waals surface area contributed by atoms with Crippen molar-refractivity contribution in [2.24, 2.45) is 0 Å². The van der Waals surface area contributed by atoms with E-state index in [2.05, 4.69) is 48.6 Å². The third-order valence-electron chi connectivity index (χ3n) is 2.98. The number of nitrogens with zero attached hydrogens (tertiary/aromatic N) is 1. The van der Waals surface area contributed by atoms with Crippen LogP contribution >= 0.6 is 0 Å². The molecule has 0 saturated heterocycles. The molecule has 1 unspecified atom stereocenters. The molecule has 3 nitrogen and oxygen atoms in total. The Morgan fingerprint density at radius 3 is 2.35 bits per heavy atom. The zero-order valence-corrected chi connectivity index (χ0v) is 11.1. The summed E-state index contributed by atoms with van der Waals surface area (Å²) in [7, 11) is 6.07. The number of likely N-dealkylation sites (N-methyl/N-ethyl adjacent to an activating group) is 1. The molecule has 96 valence electrons. The lowest BCUT2D eigenvalue weighted by Crippen LogP contribution is -2.19.